The summed E-state index contributed by atoms with van der Waals surface area (Å²) in [5.74, 6) is 0.179. The second kappa shape index (κ2) is 11.5. The zero-order valence-electron chi connectivity index (χ0n) is 13.8. The van der Waals surface area contributed by atoms with Gasteiger partial charge in [-0.1, -0.05) is 19.3 Å². The van der Waals surface area contributed by atoms with Crippen LogP contribution < -0.4 is 11.1 Å². The second-order valence-electron chi connectivity index (χ2n) is 6.69. The van der Waals surface area contributed by atoms with Crippen LogP contribution >= 0.6 is 24.8 Å². The van der Waals surface area contributed by atoms with Crippen LogP contribution in [0.2, 0.25) is 0 Å². The van der Waals surface area contributed by atoms with Crippen molar-refractivity contribution in [3.05, 3.63) is 0 Å². The van der Waals surface area contributed by atoms with Gasteiger partial charge >= 0.3 is 0 Å². The molecule has 1 atom stereocenters. The van der Waals surface area contributed by atoms with Gasteiger partial charge in [0.1, 0.15) is 0 Å². The zero-order chi connectivity index (χ0) is 14.4. The van der Waals surface area contributed by atoms with Gasteiger partial charge in [0.15, 0.2) is 0 Å². The number of hydrogen-bond donors (Lipinski definition) is 2. The van der Waals surface area contributed by atoms with Crippen molar-refractivity contribution in [1.82, 2.24) is 10.2 Å². The van der Waals surface area contributed by atoms with Gasteiger partial charge in [-0.05, 0) is 39.0 Å². The number of nitrogens with one attached hydrogen (secondary N) is 1. The van der Waals surface area contributed by atoms with E-state index in [-0.39, 0.29) is 36.8 Å². The van der Waals surface area contributed by atoms with Gasteiger partial charge in [-0.25, -0.2) is 0 Å². The largest absolute Gasteiger partial charge is 0.353 e. The average Bonchev–Trinajstić information content (AvgIpc) is 2.47. The molecule has 1 amide bonds. The first-order valence-electron chi connectivity index (χ1n) is 8.44. The number of nitrogens with zero attached hydrogens (tertiary/aromatic N) is 1. The lowest BCUT2D eigenvalue weighted by molar-refractivity contribution is -0.122. The van der Waals surface area contributed by atoms with Crippen molar-refractivity contribution >= 4 is 30.7 Å². The van der Waals surface area contributed by atoms with Crippen LogP contribution in [-0.2, 0) is 4.79 Å². The molecule has 132 valence electrons. The summed E-state index contributed by atoms with van der Waals surface area (Å²) in [6.45, 7) is 4.27. The molecule has 0 aromatic heterocycles. The van der Waals surface area contributed by atoms with Crippen molar-refractivity contribution in [3.8, 4) is 0 Å². The van der Waals surface area contributed by atoms with E-state index >= 15 is 0 Å². The van der Waals surface area contributed by atoms with Crippen LogP contribution in [0.4, 0.5) is 0 Å². The summed E-state index contributed by atoms with van der Waals surface area (Å²) in [6.07, 6.45) is 10.6. The standard InChI is InChI=1S/C16H31N3O.2ClH/c1-13(17)7-8-16(20)18-14-9-11-19(12-10-14)15-5-3-2-4-6-15;;/h13-15H,2-12,17H2,1H3,(H,18,20);2*1H. The number of likely N-dealkylation sites (tertiary alicyclic amines) is 1. The third-order valence-corrected chi connectivity index (χ3v) is 4.81. The first-order chi connectivity index (χ1) is 9.65. The highest BCUT2D eigenvalue weighted by molar-refractivity contribution is 5.85. The third-order valence-electron chi connectivity index (χ3n) is 4.81. The van der Waals surface area contributed by atoms with Gasteiger partial charge in [-0.3, -0.25) is 4.79 Å². The van der Waals surface area contributed by atoms with Crippen LogP contribution in [0.1, 0.15) is 64.7 Å². The molecule has 2 fully saturated rings. The minimum absolute atomic E-state index is 0. The van der Waals surface area contributed by atoms with Gasteiger partial charge in [0.2, 0.25) is 5.91 Å². The molecule has 0 aromatic rings. The van der Waals surface area contributed by atoms with Gasteiger partial charge < -0.3 is 16.0 Å². The van der Waals surface area contributed by atoms with Crippen LogP contribution in [-0.4, -0.2) is 42.0 Å². The number of piperidine rings is 1. The fourth-order valence-electron chi connectivity index (χ4n) is 3.51. The van der Waals surface area contributed by atoms with E-state index in [1.54, 1.807) is 0 Å². The molecule has 1 aliphatic carbocycles. The van der Waals surface area contributed by atoms with Gasteiger partial charge in [0.05, 0.1) is 0 Å². The predicted octanol–water partition coefficient (Wildman–Crippen LogP) is 2.87. The topological polar surface area (TPSA) is 58.4 Å². The zero-order valence-corrected chi connectivity index (χ0v) is 15.4. The lowest BCUT2D eigenvalue weighted by Gasteiger charge is -2.39. The van der Waals surface area contributed by atoms with Crippen molar-refractivity contribution in [2.75, 3.05) is 13.1 Å². The van der Waals surface area contributed by atoms with Crippen LogP contribution in [0.5, 0.6) is 0 Å². The lowest BCUT2D eigenvalue weighted by atomic mass is 9.92. The number of hydrogen-bond acceptors (Lipinski definition) is 3. The maximum Gasteiger partial charge on any atom is 0.220 e. The molecular weight excluding hydrogens is 321 g/mol. The molecule has 6 heteroatoms. The maximum absolute atomic E-state index is 11.8. The third kappa shape index (κ3) is 7.49. The van der Waals surface area contributed by atoms with E-state index in [9.17, 15) is 4.79 Å². The Bertz CT molecular complexity index is 302. The number of amides is 1. The molecule has 4 nitrogen and oxygen atoms in total. The molecule has 0 bridgehead atoms. The predicted molar refractivity (Wildman–Crippen MR) is 97.0 cm³/mol. The first-order valence-corrected chi connectivity index (χ1v) is 8.44. The summed E-state index contributed by atoms with van der Waals surface area (Å²) in [5, 5.41) is 3.18. The van der Waals surface area contributed by atoms with Gasteiger partial charge in [0.25, 0.3) is 0 Å². The minimum atomic E-state index is 0. The molecule has 2 aliphatic rings. The smallest absolute Gasteiger partial charge is 0.220 e. The Morgan fingerprint density at radius 3 is 2.27 bits per heavy atom. The molecule has 1 saturated carbocycles. The summed E-state index contributed by atoms with van der Waals surface area (Å²) < 4.78 is 0. The summed E-state index contributed by atoms with van der Waals surface area (Å²) in [4.78, 5) is 14.5. The highest BCUT2D eigenvalue weighted by atomic mass is 35.5. The maximum atomic E-state index is 11.8. The Kier molecular flexibility index (Phi) is 11.5. The minimum Gasteiger partial charge on any atom is -0.353 e. The number of rotatable bonds is 5. The van der Waals surface area contributed by atoms with E-state index < -0.39 is 0 Å². The molecule has 0 aromatic carbocycles. The molecule has 22 heavy (non-hydrogen) atoms. The molecule has 3 N–H and O–H groups in total. The summed E-state index contributed by atoms with van der Waals surface area (Å²) in [5.41, 5.74) is 5.69. The second-order valence-corrected chi connectivity index (χ2v) is 6.69. The van der Waals surface area contributed by atoms with Crippen molar-refractivity contribution < 1.29 is 4.79 Å². The number of carbonyl (C=O) groups is 1. The highest BCUT2D eigenvalue weighted by Crippen LogP contribution is 2.25. The van der Waals surface area contributed by atoms with E-state index in [4.69, 9.17) is 5.73 Å². The molecule has 1 unspecified atom stereocenters. The van der Waals surface area contributed by atoms with E-state index in [1.165, 1.54) is 32.1 Å². The normalized spacial score (nSPS) is 22.3. The molecule has 0 spiro atoms. The number of carbonyl (C=O) groups excluding carboxylic acids is 1. The summed E-state index contributed by atoms with van der Waals surface area (Å²) in [7, 11) is 0. The van der Waals surface area contributed by atoms with Crippen molar-refractivity contribution in [3.63, 3.8) is 0 Å². The molecule has 1 saturated heterocycles. The Morgan fingerprint density at radius 1 is 1.14 bits per heavy atom. The van der Waals surface area contributed by atoms with Crippen LogP contribution in [0.3, 0.4) is 0 Å². The van der Waals surface area contributed by atoms with Gasteiger partial charge in [0, 0.05) is 37.6 Å². The quantitative estimate of drug-likeness (QED) is 0.798. The van der Waals surface area contributed by atoms with E-state index in [2.05, 4.69) is 10.2 Å². The van der Waals surface area contributed by atoms with E-state index in [0.29, 0.717) is 12.5 Å². The van der Waals surface area contributed by atoms with Crippen LogP contribution in [0.25, 0.3) is 0 Å². The first kappa shape index (κ1) is 22.0. The van der Waals surface area contributed by atoms with Crippen molar-refractivity contribution in [1.29, 1.82) is 0 Å². The average molecular weight is 354 g/mol. The Morgan fingerprint density at radius 2 is 1.73 bits per heavy atom. The summed E-state index contributed by atoms with van der Waals surface area (Å²) >= 11 is 0. The molecule has 1 aliphatic heterocycles. The highest BCUT2D eigenvalue weighted by Gasteiger charge is 2.26. The van der Waals surface area contributed by atoms with Crippen LogP contribution in [0.15, 0.2) is 0 Å². The Hall–Kier alpha value is -0.0300. The van der Waals surface area contributed by atoms with E-state index in [1.807, 2.05) is 6.92 Å². The number of nitrogens with two attached hydrogens (primary N) is 1. The monoisotopic (exact) mass is 353 g/mol. The molecule has 2 rings (SSSR count). The fourth-order valence-corrected chi connectivity index (χ4v) is 3.51. The van der Waals surface area contributed by atoms with Crippen LogP contribution in [0, 0.1) is 0 Å². The Labute approximate surface area is 147 Å². The molecule has 1 heterocycles. The molecule has 0 radical (unpaired) electrons. The van der Waals surface area contributed by atoms with Crippen molar-refractivity contribution in [2.24, 2.45) is 5.73 Å². The number of halogens is 2. The lowest BCUT2D eigenvalue weighted by Crippen LogP contribution is -2.48. The van der Waals surface area contributed by atoms with Crippen molar-refractivity contribution in [2.45, 2.75) is 82.8 Å². The summed E-state index contributed by atoms with van der Waals surface area (Å²) in [6, 6.07) is 1.32. The van der Waals surface area contributed by atoms with E-state index in [0.717, 1.165) is 38.4 Å². The fraction of sp³-hybridized carbons (Fsp3) is 0.938. The van der Waals surface area contributed by atoms with Gasteiger partial charge in [-0.2, -0.15) is 0 Å². The Balaban J connectivity index is 0.00000220. The van der Waals surface area contributed by atoms with Gasteiger partial charge in [-0.15, -0.1) is 24.8 Å². The molecular formula is C16H33Cl2N3O. The SMILES string of the molecule is CC(N)CCC(=O)NC1CCN(C2CCCCC2)CC1.Cl.Cl.